The zero-order valence-electron chi connectivity index (χ0n) is 11.5. The Bertz CT molecular complexity index is 818. The molecule has 0 aliphatic carbocycles. The number of allylic oxidation sites excluding steroid dienone is 1. The lowest BCUT2D eigenvalue weighted by molar-refractivity contribution is 0.104. The smallest absolute Gasteiger partial charge is 0.228 e. The third-order valence-corrected chi connectivity index (χ3v) is 3.12. The molecule has 3 aromatic rings. The van der Waals surface area contributed by atoms with Gasteiger partial charge in [0, 0.05) is 23.9 Å². The van der Waals surface area contributed by atoms with Gasteiger partial charge in [0.1, 0.15) is 0 Å². The van der Waals surface area contributed by atoms with Gasteiger partial charge in [0.15, 0.2) is 5.78 Å². The number of carbonyl (C=O) groups excluding carboxylic acids is 1. The third-order valence-electron chi connectivity index (χ3n) is 3.12. The zero-order valence-corrected chi connectivity index (χ0v) is 11.5. The molecule has 0 fully saturated rings. The molecule has 1 aromatic heterocycles. The number of aromatic nitrogens is 1. The number of nitrogens with zero attached hydrogens (tertiary/aromatic N) is 1. The third kappa shape index (κ3) is 3.00. The van der Waals surface area contributed by atoms with Gasteiger partial charge in [-0.3, -0.25) is 4.79 Å². The largest absolute Gasteiger partial charge is 0.338 e. The van der Waals surface area contributed by atoms with Crippen LogP contribution in [0.15, 0.2) is 65.3 Å². The minimum atomic E-state index is -0.0653. The summed E-state index contributed by atoms with van der Waals surface area (Å²) in [7, 11) is 0. The van der Waals surface area contributed by atoms with Gasteiger partial charge in [-0.05, 0) is 23.8 Å². The van der Waals surface area contributed by atoms with Crippen molar-refractivity contribution in [1.82, 2.24) is 5.16 Å². The van der Waals surface area contributed by atoms with E-state index in [9.17, 15) is 4.79 Å². The summed E-state index contributed by atoms with van der Waals surface area (Å²) >= 11 is 0. The van der Waals surface area contributed by atoms with Crippen LogP contribution < -0.4 is 5.32 Å². The highest BCUT2D eigenvalue weighted by molar-refractivity contribution is 6.06. The SMILES string of the molecule is Cc1cc(NC=CC(=O)c2ccc3ccccc3c2)on1. The maximum Gasteiger partial charge on any atom is 0.228 e. The van der Waals surface area contributed by atoms with Crippen LogP contribution in [0.5, 0.6) is 0 Å². The Hall–Kier alpha value is -2.88. The first-order valence-electron chi connectivity index (χ1n) is 6.62. The molecule has 104 valence electrons. The van der Waals surface area contributed by atoms with Crippen LogP contribution in [0.3, 0.4) is 0 Å². The minimum Gasteiger partial charge on any atom is -0.338 e. The molecule has 4 heteroatoms. The van der Waals surface area contributed by atoms with Crippen LogP contribution in [0.2, 0.25) is 0 Å². The van der Waals surface area contributed by atoms with Gasteiger partial charge in [0.05, 0.1) is 5.69 Å². The van der Waals surface area contributed by atoms with E-state index in [0.29, 0.717) is 11.4 Å². The molecule has 4 nitrogen and oxygen atoms in total. The molecular formula is C17H14N2O2. The molecule has 0 atom stereocenters. The standard InChI is InChI=1S/C17H14N2O2/c1-12-10-17(21-19-12)18-9-8-16(20)15-7-6-13-4-2-3-5-14(13)11-15/h2-11,18H,1H3. The van der Waals surface area contributed by atoms with Gasteiger partial charge < -0.3 is 9.84 Å². The van der Waals surface area contributed by atoms with Gasteiger partial charge in [-0.1, -0.05) is 41.6 Å². The van der Waals surface area contributed by atoms with Crippen molar-refractivity contribution in [2.24, 2.45) is 0 Å². The van der Waals surface area contributed by atoms with E-state index in [4.69, 9.17) is 4.52 Å². The molecule has 1 heterocycles. The number of hydrogen-bond donors (Lipinski definition) is 1. The van der Waals surface area contributed by atoms with Gasteiger partial charge in [-0.2, -0.15) is 0 Å². The Balaban J connectivity index is 1.74. The summed E-state index contributed by atoms with van der Waals surface area (Å²) in [6.45, 7) is 1.83. The van der Waals surface area contributed by atoms with Crippen LogP contribution in [-0.4, -0.2) is 10.9 Å². The Morgan fingerprint density at radius 3 is 2.71 bits per heavy atom. The fraction of sp³-hybridized carbons (Fsp3) is 0.0588. The van der Waals surface area contributed by atoms with E-state index < -0.39 is 0 Å². The van der Waals surface area contributed by atoms with Crippen molar-refractivity contribution in [2.75, 3.05) is 5.32 Å². The van der Waals surface area contributed by atoms with Crippen molar-refractivity contribution >= 4 is 22.4 Å². The van der Waals surface area contributed by atoms with Crippen molar-refractivity contribution < 1.29 is 9.32 Å². The average molecular weight is 278 g/mol. The second kappa shape index (κ2) is 5.63. The number of nitrogens with one attached hydrogen (secondary N) is 1. The van der Waals surface area contributed by atoms with Crippen LogP contribution in [0.1, 0.15) is 16.1 Å². The molecule has 1 N–H and O–H groups in total. The second-order valence-corrected chi connectivity index (χ2v) is 4.74. The summed E-state index contributed by atoms with van der Waals surface area (Å²) in [5.74, 6) is 0.444. The van der Waals surface area contributed by atoms with Crippen molar-refractivity contribution in [3.8, 4) is 0 Å². The highest BCUT2D eigenvalue weighted by Gasteiger charge is 2.03. The molecule has 0 saturated carbocycles. The molecule has 0 saturated heterocycles. The van der Waals surface area contributed by atoms with Crippen molar-refractivity contribution in [1.29, 1.82) is 0 Å². The van der Waals surface area contributed by atoms with E-state index in [1.54, 1.807) is 12.3 Å². The quantitative estimate of drug-likeness (QED) is 0.580. The van der Waals surface area contributed by atoms with Crippen molar-refractivity contribution in [3.05, 3.63) is 72.1 Å². The number of hydrogen-bond acceptors (Lipinski definition) is 4. The molecule has 0 bridgehead atoms. The average Bonchev–Trinajstić information content (AvgIpc) is 2.92. The maximum atomic E-state index is 12.1. The number of benzene rings is 2. The fourth-order valence-electron chi connectivity index (χ4n) is 2.07. The number of fused-ring (bicyclic) bond motifs is 1. The van der Waals surface area contributed by atoms with Crippen LogP contribution in [0.4, 0.5) is 5.88 Å². The number of rotatable bonds is 4. The van der Waals surface area contributed by atoms with Crippen LogP contribution >= 0.6 is 0 Å². The molecule has 0 aliphatic rings. The highest BCUT2D eigenvalue weighted by Crippen LogP contribution is 2.16. The van der Waals surface area contributed by atoms with E-state index in [1.165, 1.54) is 6.08 Å². The van der Waals surface area contributed by atoms with Crippen LogP contribution in [0.25, 0.3) is 10.8 Å². The molecule has 2 aromatic carbocycles. The van der Waals surface area contributed by atoms with Crippen molar-refractivity contribution in [3.63, 3.8) is 0 Å². The Labute approximate surface area is 122 Å². The minimum absolute atomic E-state index is 0.0653. The first kappa shape index (κ1) is 13.1. The lowest BCUT2D eigenvalue weighted by atomic mass is 10.0. The normalized spacial score (nSPS) is 11.1. The summed E-state index contributed by atoms with van der Waals surface area (Å²) in [6.07, 6.45) is 3.03. The highest BCUT2D eigenvalue weighted by atomic mass is 16.5. The van der Waals surface area contributed by atoms with Gasteiger partial charge in [0.25, 0.3) is 0 Å². The lowest BCUT2D eigenvalue weighted by Crippen LogP contribution is -1.96. The first-order chi connectivity index (χ1) is 10.2. The summed E-state index contributed by atoms with van der Waals surface area (Å²) in [4.78, 5) is 12.1. The monoisotopic (exact) mass is 278 g/mol. The predicted octanol–water partition coefficient (Wildman–Crippen LogP) is 3.94. The zero-order chi connectivity index (χ0) is 14.7. The van der Waals surface area contributed by atoms with Gasteiger partial charge in [-0.25, -0.2) is 0 Å². The molecule has 0 spiro atoms. The summed E-state index contributed by atoms with van der Waals surface area (Å²) in [5, 5.41) is 8.79. The number of anilines is 1. The van der Waals surface area contributed by atoms with E-state index >= 15 is 0 Å². The summed E-state index contributed by atoms with van der Waals surface area (Å²) in [6, 6.07) is 15.4. The first-order valence-corrected chi connectivity index (χ1v) is 6.62. The lowest BCUT2D eigenvalue weighted by Gasteiger charge is -2.00. The number of carbonyl (C=O) groups is 1. The van der Waals surface area contributed by atoms with E-state index in [0.717, 1.165) is 16.5 Å². The number of ketones is 1. The number of aryl methyl sites for hydroxylation is 1. The Morgan fingerprint density at radius 1 is 1.14 bits per heavy atom. The maximum absolute atomic E-state index is 12.1. The molecule has 0 amide bonds. The summed E-state index contributed by atoms with van der Waals surface area (Å²) < 4.78 is 4.99. The Morgan fingerprint density at radius 2 is 1.95 bits per heavy atom. The van der Waals surface area contributed by atoms with E-state index in [2.05, 4.69) is 10.5 Å². The van der Waals surface area contributed by atoms with E-state index in [-0.39, 0.29) is 5.78 Å². The molecule has 3 rings (SSSR count). The molecule has 0 unspecified atom stereocenters. The predicted molar refractivity (Wildman–Crippen MR) is 82.3 cm³/mol. The second-order valence-electron chi connectivity index (χ2n) is 4.74. The topological polar surface area (TPSA) is 55.1 Å². The van der Waals surface area contributed by atoms with Gasteiger partial charge in [-0.15, -0.1) is 0 Å². The molecular weight excluding hydrogens is 264 g/mol. The van der Waals surface area contributed by atoms with Crippen molar-refractivity contribution in [2.45, 2.75) is 6.92 Å². The van der Waals surface area contributed by atoms with Gasteiger partial charge in [0.2, 0.25) is 5.88 Å². The molecule has 0 aliphatic heterocycles. The van der Waals surface area contributed by atoms with E-state index in [1.807, 2.05) is 49.4 Å². The summed E-state index contributed by atoms with van der Waals surface area (Å²) in [5.41, 5.74) is 1.44. The van der Waals surface area contributed by atoms with Crippen LogP contribution in [0, 0.1) is 6.92 Å². The van der Waals surface area contributed by atoms with Gasteiger partial charge >= 0.3 is 0 Å². The van der Waals surface area contributed by atoms with Crippen LogP contribution in [-0.2, 0) is 0 Å². The fourth-order valence-corrected chi connectivity index (χ4v) is 2.07. The Kier molecular flexibility index (Phi) is 3.51. The molecule has 21 heavy (non-hydrogen) atoms. The molecule has 0 radical (unpaired) electrons.